The van der Waals surface area contributed by atoms with Gasteiger partial charge in [-0.15, -0.1) is 24.0 Å². The predicted molar refractivity (Wildman–Crippen MR) is 124 cm³/mol. The number of nitrogens with zero attached hydrogens (tertiary/aromatic N) is 2. The summed E-state index contributed by atoms with van der Waals surface area (Å²) in [5.74, 6) is 2.31. The molecule has 0 bridgehead atoms. The molecule has 1 aromatic rings. The number of halogens is 2. The molecule has 1 heterocycles. The van der Waals surface area contributed by atoms with E-state index < -0.39 is 0 Å². The number of hydrogen-bond acceptors (Lipinski definition) is 4. The van der Waals surface area contributed by atoms with Crippen LogP contribution in [0.4, 0.5) is 4.39 Å². The molecular formula is C19H32FIN4OS. The van der Waals surface area contributed by atoms with E-state index in [4.69, 9.17) is 9.73 Å². The van der Waals surface area contributed by atoms with E-state index in [9.17, 15) is 4.39 Å². The van der Waals surface area contributed by atoms with Crippen molar-refractivity contribution in [2.45, 2.75) is 25.6 Å². The SMILES string of the molecule is CCNC(=NCC(C)N1CCOCC1)NCCSCc1ccccc1F.I. The van der Waals surface area contributed by atoms with Crippen molar-refractivity contribution in [3.05, 3.63) is 35.6 Å². The van der Waals surface area contributed by atoms with Gasteiger partial charge in [0.1, 0.15) is 5.82 Å². The molecule has 1 unspecified atom stereocenters. The smallest absolute Gasteiger partial charge is 0.191 e. The summed E-state index contributed by atoms with van der Waals surface area (Å²) < 4.78 is 19.0. The van der Waals surface area contributed by atoms with Gasteiger partial charge in [-0.25, -0.2) is 4.39 Å². The molecule has 0 radical (unpaired) electrons. The third kappa shape index (κ3) is 9.45. The molecule has 0 spiro atoms. The minimum Gasteiger partial charge on any atom is -0.379 e. The van der Waals surface area contributed by atoms with Gasteiger partial charge >= 0.3 is 0 Å². The Kier molecular flexibility index (Phi) is 13.1. The molecule has 1 fully saturated rings. The summed E-state index contributed by atoms with van der Waals surface area (Å²) in [6.45, 7) is 10.3. The Balaban J connectivity index is 0.00000364. The standard InChI is InChI=1S/C19H31FN4OS.HI/c1-3-21-19(23-14-16(2)24-9-11-25-12-10-24)22-8-13-26-15-17-6-4-5-7-18(17)20;/h4-7,16H,3,8-15H2,1-2H3,(H2,21,22,23);1H. The number of guanidine groups is 1. The maximum absolute atomic E-state index is 13.6. The van der Waals surface area contributed by atoms with Crippen molar-refractivity contribution in [1.29, 1.82) is 0 Å². The lowest BCUT2D eigenvalue weighted by Crippen LogP contribution is -2.44. The highest BCUT2D eigenvalue weighted by molar-refractivity contribution is 14.0. The molecule has 8 heteroatoms. The van der Waals surface area contributed by atoms with E-state index in [1.165, 1.54) is 6.07 Å². The van der Waals surface area contributed by atoms with Crippen LogP contribution in [0.2, 0.25) is 0 Å². The van der Waals surface area contributed by atoms with Crippen molar-refractivity contribution in [2.24, 2.45) is 4.99 Å². The lowest BCUT2D eigenvalue weighted by molar-refractivity contribution is 0.0220. The van der Waals surface area contributed by atoms with Crippen LogP contribution in [-0.4, -0.2) is 68.6 Å². The lowest BCUT2D eigenvalue weighted by Gasteiger charge is -2.31. The molecule has 1 saturated heterocycles. The van der Waals surface area contributed by atoms with Crippen LogP contribution in [0.3, 0.4) is 0 Å². The Morgan fingerprint density at radius 1 is 1.30 bits per heavy atom. The summed E-state index contributed by atoms with van der Waals surface area (Å²) in [5.41, 5.74) is 0.761. The minimum atomic E-state index is -0.125. The second kappa shape index (κ2) is 14.4. The van der Waals surface area contributed by atoms with E-state index in [0.717, 1.165) is 63.2 Å². The third-order valence-corrected chi connectivity index (χ3v) is 5.29. The Labute approximate surface area is 183 Å². The van der Waals surface area contributed by atoms with Crippen molar-refractivity contribution in [1.82, 2.24) is 15.5 Å². The number of rotatable bonds is 9. The molecular weight excluding hydrogens is 478 g/mol. The van der Waals surface area contributed by atoms with Crippen molar-refractivity contribution >= 4 is 41.7 Å². The fraction of sp³-hybridized carbons (Fsp3) is 0.632. The number of benzene rings is 1. The first-order chi connectivity index (χ1) is 12.7. The molecule has 1 atom stereocenters. The summed E-state index contributed by atoms with van der Waals surface area (Å²) in [5, 5.41) is 6.65. The predicted octanol–water partition coefficient (Wildman–Crippen LogP) is 2.95. The van der Waals surface area contributed by atoms with Crippen LogP contribution in [0, 0.1) is 5.82 Å². The van der Waals surface area contributed by atoms with Gasteiger partial charge in [0, 0.05) is 43.7 Å². The maximum Gasteiger partial charge on any atom is 0.191 e. The van der Waals surface area contributed by atoms with Crippen LogP contribution in [0.1, 0.15) is 19.4 Å². The second-order valence-electron chi connectivity index (χ2n) is 6.29. The molecule has 1 aliphatic heterocycles. The van der Waals surface area contributed by atoms with E-state index in [1.807, 2.05) is 12.1 Å². The first-order valence-corrected chi connectivity index (χ1v) is 10.5. The number of aliphatic imine (C=N–C) groups is 1. The van der Waals surface area contributed by atoms with E-state index in [2.05, 4.69) is 29.4 Å². The molecule has 2 rings (SSSR count). The Morgan fingerprint density at radius 2 is 2.04 bits per heavy atom. The van der Waals surface area contributed by atoms with Gasteiger partial charge in [0.05, 0.1) is 19.8 Å². The lowest BCUT2D eigenvalue weighted by atomic mass is 10.2. The molecule has 1 aliphatic rings. The first kappa shape index (κ1) is 24.5. The van der Waals surface area contributed by atoms with Crippen molar-refractivity contribution in [2.75, 3.05) is 51.7 Å². The van der Waals surface area contributed by atoms with Gasteiger partial charge in [-0.1, -0.05) is 18.2 Å². The molecule has 154 valence electrons. The highest BCUT2D eigenvalue weighted by Gasteiger charge is 2.16. The Bertz CT molecular complexity index is 558. The normalized spacial score (nSPS) is 16.5. The molecule has 27 heavy (non-hydrogen) atoms. The zero-order valence-electron chi connectivity index (χ0n) is 16.2. The van der Waals surface area contributed by atoms with Gasteiger partial charge in [0.25, 0.3) is 0 Å². The van der Waals surface area contributed by atoms with Gasteiger partial charge < -0.3 is 15.4 Å². The number of hydrogen-bond donors (Lipinski definition) is 2. The van der Waals surface area contributed by atoms with Crippen LogP contribution >= 0.6 is 35.7 Å². The number of ether oxygens (including phenoxy) is 1. The van der Waals surface area contributed by atoms with E-state index in [1.54, 1.807) is 17.8 Å². The topological polar surface area (TPSA) is 48.9 Å². The zero-order valence-corrected chi connectivity index (χ0v) is 19.4. The van der Waals surface area contributed by atoms with E-state index in [-0.39, 0.29) is 29.8 Å². The fourth-order valence-corrected chi connectivity index (χ4v) is 3.58. The largest absolute Gasteiger partial charge is 0.379 e. The minimum absolute atomic E-state index is 0. The summed E-state index contributed by atoms with van der Waals surface area (Å²) in [7, 11) is 0. The summed E-state index contributed by atoms with van der Waals surface area (Å²) >= 11 is 1.72. The van der Waals surface area contributed by atoms with Crippen LogP contribution in [-0.2, 0) is 10.5 Å². The zero-order chi connectivity index (χ0) is 18.6. The van der Waals surface area contributed by atoms with Gasteiger partial charge in [-0.3, -0.25) is 9.89 Å². The van der Waals surface area contributed by atoms with Crippen molar-refractivity contribution < 1.29 is 9.13 Å². The summed E-state index contributed by atoms with van der Waals surface area (Å²) in [6, 6.07) is 7.36. The number of morpholine rings is 1. The van der Waals surface area contributed by atoms with Crippen LogP contribution in [0.25, 0.3) is 0 Å². The van der Waals surface area contributed by atoms with Gasteiger partial charge in [-0.2, -0.15) is 11.8 Å². The van der Waals surface area contributed by atoms with E-state index in [0.29, 0.717) is 11.8 Å². The van der Waals surface area contributed by atoms with Crippen LogP contribution < -0.4 is 10.6 Å². The van der Waals surface area contributed by atoms with Crippen molar-refractivity contribution in [3.8, 4) is 0 Å². The average Bonchev–Trinajstić information content (AvgIpc) is 2.67. The Morgan fingerprint density at radius 3 is 2.74 bits per heavy atom. The fourth-order valence-electron chi connectivity index (χ4n) is 2.74. The van der Waals surface area contributed by atoms with Gasteiger partial charge in [0.2, 0.25) is 0 Å². The Hall–Kier alpha value is -0.580. The first-order valence-electron chi connectivity index (χ1n) is 9.35. The summed E-state index contributed by atoms with van der Waals surface area (Å²) in [4.78, 5) is 7.12. The maximum atomic E-state index is 13.6. The van der Waals surface area contributed by atoms with Gasteiger partial charge in [0.15, 0.2) is 5.96 Å². The molecule has 5 nitrogen and oxygen atoms in total. The molecule has 0 aliphatic carbocycles. The highest BCUT2D eigenvalue weighted by Crippen LogP contribution is 2.14. The summed E-state index contributed by atoms with van der Waals surface area (Å²) in [6.07, 6.45) is 0. The van der Waals surface area contributed by atoms with Gasteiger partial charge in [-0.05, 0) is 25.5 Å². The molecule has 1 aromatic carbocycles. The molecule has 0 amide bonds. The average molecular weight is 510 g/mol. The third-order valence-electron chi connectivity index (χ3n) is 4.28. The van der Waals surface area contributed by atoms with E-state index >= 15 is 0 Å². The molecule has 0 saturated carbocycles. The van der Waals surface area contributed by atoms with Crippen LogP contribution in [0.5, 0.6) is 0 Å². The molecule has 0 aromatic heterocycles. The second-order valence-corrected chi connectivity index (χ2v) is 7.39. The number of nitrogens with one attached hydrogen (secondary N) is 2. The monoisotopic (exact) mass is 510 g/mol. The molecule has 2 N–H and O–H groups in total. The van der Waals surface area contributed by atoms with Crippen molar-refractivity contribution in [3.63, 3.8) is 0 Å². The highest BCUT2D eigenvalue weighted by atomic mass is 127. The van der Waals surface area contributed by atoms with Crippen LogP contribution in [0.15, 0.2) is 29.3 Å². The quantitative estimate of drug-likeness (QED) is 0.232. The number of thioether (sulfide) groups is 1.